The van der Waals surface area contributed by atoms with Crippen molar-refractivity contribution in [2.75, 3.05) is 54.0 Å². The lowest BCUT2D eigenvalue weighted by atomic mass is 9.98. The van der Waals surface area contributed by atoms with Gasteiger partial charge in [0.2, 0.25) is 17.7 Å². The smallest absolute Gasteiger partial charge is 0.249 e. The quantitative estimate of drug-likeness (QED) is 0.254. The minimum absolute atomic E-state index is 0.0353. The van der Waals surface area contributed by atoms with Gasteiger partial charge in [0.15, 0.2) is 11.6 Å². The number of likely N-dealkylation sites (tertiary alicyclic amines) is 1. The first-order valence-electron chi connectivity index (χ1n) is 17.3. The lowest BCUT2D eigenvalue weighted by Gasteiger charge is -2.35. The molecule has 0 spiro atoms. The van der Waals surface area contributed by atoms with Gasteiger partial charge in [-0.3, -0.25) is 14.4 Å². The van der Waals surface area contributed by atoms with E-state index in [4.69, 9.17) is 4.74 Å². The van der Waals surface area contributed by atoms with Crippen LogP contribution >= 0.6 is 0 Å². The van der Waals surface area contributed by atoms with E-state index < -0.39 is 35.5 Å². The normalized spacial score (nSPS) is 19.1. The van der Waals surface area contributed by atoms with E-state index in [0.717, 1.165) is 73.7 Å². The first kappa shape index (κ1) is 36.4. The topological polar surface area (TPSA) is 94.2 Å². The molecule has 9 nitrogen and oxygen atoms in total. The summed E-state index contributed by atoms with van der Waals surface area (Å²) in [5, 5.41) is 8.40. The molecule has 0 aliphatic carbocycles. The van der Waals surface area contributed by atoms with E-state index in [0.29, 0.717) is 24.8 Å². The molecule has 4 unspecified atom stereocenters. The van der Waals surface area contributed by atoms with Gasteiger partial charge in [0.25, 0.3) is 0 Å². The number of hydrogen-bond acceptors (Lipinski definition) is 6. The molecule has 2 aliphatic rings. The molecule has 49 heavy (non-hydrogen) atoms. The van der Waals surface area contributed by atoms with E-state index in [1.807, 2.05) is 42.5 Å². The van der Waals surface area contributed by atoms with E-state index >= 15 is 0 Å². The summed E-state index contributed by atoms with van der Waals surface area (Å²) in [4.78, 5) is 46.8. The maximum Gasteiger partial charge on any atom is 0.249 e. The average Bonchev–Trinajstić information content (AvgIpc) is 3.78. The molecule has 0 radical (unpaired) electrons. The number of fused-ring (bicyclic) bond motifs is 1. The van der Waals surface area contributed by atoms with E-state index in [1.54, 1.807) is 7.05 Å². The monoisotopic (exact) mass is 677 g/mol. The Hall–Kier alpha value is -3.93. The summed E-state index contributed by atoms with van der Waals surface area (Å²) in [6, 6.07) is 15.9. The summed E-state index contributed by atoms with van der Waals surface area (Å²) in [5.41, 5.74) is 1.22. The van der Waals surface area contributed by atoms with E-state index in [9.17, 15) is 23.2 Å². The van der Waals surface area contributed by atoms with Crippen molar-refractivity contribution in [3.8, 4) is 0 Å². The van der Waals surface area contributed by atoms with Crippen LogP contribution in [-0.4, -0.2) is 111 Å². The van der Waals surface area contributed by atoms with Crippen molar-refractivity contribution >= 4 is 28.5 Å². The SMILES string of the molecule is CN1CCCC1CCNC(=O)C(Cc1ccc(F)c(F)c1)N(C)C(=O)C(Cc1ccc2ccccc2c1)N(C)C(=O)COCC1CCCN1. The number of likely N-dealkylation sites (N-methyl/N-ethyl adjacent to an activating group) is 2. The average molecular weight is 678 g/mol. The highest BCUT2D eigenvalue weighted by Crippen LogP contribution is 2.21. The summed E-state index contributed by atoms with van der Waals surface area (Å²) in [5.74, 6) is -3.21. The van der Waals surface area contributed by atoms with Crippen LogP contribution in [0.1, 0.15) is 43.2 Å². The maximum absolute atomic E-state index is 14.5. The standard InChI is InChI=1S/C38H49F2N5O4/c1-43-19-7-11-31(43)16-18-42-37(47)34(22-27-13-15-32(39)33(40)21-27)45(3)38(48)35(23-26-12-14-28-8-4-5-9-29(28)20-26)44(2)36(46)25-49-24-30-10-6-17-41-30/h4-5,8-9,12-15,20-21,30-31,34-35,41H,6-7,10-11,16-19,22-25H2,1-3H3,(H,42,47). The molecule has 2 saturated heterocycles. The third kappa shape index (κ3) is 9.61. The van der Waals surface area contributed by atoms with Gasteiger partial charge in [0.1, 0.15) is 18.7 Å². The Labute approximate surface area is 287 Å². The molecule has 264 valence electrons. The predicted octanol–water partition coefficient (Wildman–Crippen LogP) is 3.93. The summed E-state index contributed by atoms with van der Waals surface area (Å²) in [7, 11) is 5.19. The second kappa shape index (κ2) is 17.1. The van der Waals surface area contributed by atoms with Crippen molar-refractivity contribution in [3.63, 3.8) is 0 Å². The van der Waals surface area contributed by atoms with Gasteiger partial charge in [-0.05, 0) is 86.3 Å². The molecular weight excluding hydrogens is 628 g/mol. The van der Waals surface area contributed by atoms with Crippen LogP contribution in [0.4, 0.5) is 8.78 Å². The number of carbonyl (C=O) groups excluding carboxylic acids is 3. The summed E-state index contributed by atoms with van der Waals surface area (Å²) >= 11 is 0. The molecule has 0 bridgehead atoms. The molecule has 3 amide bonds. The molecule has 0 saturated carbocycles. The molecule has 0 aromatic heterocycles. The Morgan fingerprint density at radius 1 is 0.918 bits per heavy atom. The van der Waals surface area contributed by atoms with Gasteiger partial charge in [-0.2, -0.15) is 0 Å². The Morgan fingerprint density at radius 3 is 2.37 bits per heavy atom. The fourth-order valence-corrected chi connectivity index (χ4v) is 6.95. The highest BCUT2D eigenvalue weighted by atomic mass is 19.2. The third-order valence-electron chi connectivity index (χ3n) is 10.1. The van der Waals surface area contributed by atoms with Crippen LogP contribution in [0, 0.1) is 11.6 Å². The number of benzene rings is 3. The Kier molecular flexibility index (Phi) is 12.7. The molecule has 3 aromatic carbocycles. The molecule has 2 fully saturated rings. The van der Waals surface area contributed by atoms with Crippen LogP contribution in [0.15, 0.2) is 60.7 Å². The fourth-order valence-electron chi connectivity index (χ4n) is 6.95. The van der Waals surface area contributed by atoms with E-state index in [-0.39, 0.29) is 31.4 Å². The number of rotatable bonds is 15. The highest BCUT2D eigenvalue weighted by molar-refractivity contribution is 5.92. The summed E-state index contributed by atoms with van der Waals surface area (Å²) < 4.78 is 33.8. The minimum atomic E-state index is -1.04. The molecule has 2 N–H and O–H groups in total. The van der Waals surface area contributed by atoms with Crippen LogP contribution in [0.2, 0.25) is 0 Å². The number of halogens is 2. The van der Waals surface area contributed by atoms with Gasteiger partial charge in [-0.15, -0.1) is 0 Å². The van der Waals surface area contributed by atoms with Crippen LogP contribution in [0.25, 0.3) is 10.8 Å². The van der Waals surface area contributed by atoms with E-state index in [1.165, 1.54) is 22.9 Å². The number of hydrogen-bond donors (Lipinski definition) is 2. The van der Waals surface area contributed by atoms with Crippen molar-refractivity contribution in [2.45, 2.75) is 69.1 Å². The summed E-state index contributed by atoms with van der Waals surface area (Å²) in [6.07, 6.45) is 5.14. The molecule has 3 aromatic rings. The van der Waals surface area contributed by atoms with E-state index in [2.05, 4.69) is 22.6 Å². The van der Waals surface area contributed by atoms with Crippen molar-refractivity contribution < 1.29 is 27.9 Å². The highest BCUT2D eigenvalue weighted by Gasteiger charge is 2.35. The number of carbonyl (C=O) groups is 3. The number of nitrogens with one attached hydrogen (secondary N) is 2. The lowest BCUT2D eigenvalue weighted by Crippen LogP contribution is -2.56. The molecule has 2 aliphatic heterocycles. The van der Waals surface area contributed by atoms with Gasteiger partial charge >= 0.3 is 0 Å². The Bertz CT molecular complexity index is 1600. The maximum atomic E-state index is 14.5. The van der Waals surface area contributed by atoms with Gasteiger partial charge < -0.3 is 30.1 Å². The number of ether oxygens (including phenoxy) is 1. The van der Waals surface area contributed by atoms with Crippen LogP contribution < -0.4 is 10.6 Å². The van der Waals surface area contributed by atoms with Gasteiger partial charge in [0.05, 0.1) is 6.61 Å². The summed E-state index contributed by atoms with van der Waals surface area (Å²) in [6.45, 7) is 2.57. The minimum Gasteiger partial charge on any atom is -0.370 e. The van der Waals surface area contributed by atoms with Gasteiger partial charge in [-0.1, -0.05) is 48.5 Å². The third-order valence-corrected chi connectivity index (χ3v) is 10.1. The second-order valence-electron chi connectivity index (χ2n) is 13.5. The van der Waals surface area contributed by atoms with Crippen LogP contribution in [0.5, 0.6) is 0 Å². The molecule has 4 atom stereocenters. The molecule has 5 rings (SSSR count). The van der Waals surface area contributed by atoms with Gasteiger partial charge in [0, 0.05) is 45.6 Å². The van der Waals surface area contributed by atoms with Crippen molar-refractivity contribution in [1.82, 2.24) is 25.3 Å². The Balaban J connectivity index is 1.37. The van der Waals surface area contributed by atoms with Crippen molar-refractivity contribution in [1.29, 1.82) is 0 Å². The Morgan fingerprint density at radius 2 is 1.65 bits per heavy atom. The second-order valence-corrected chi connectivity index (χ2v) is 13.5. The zero-order chi connectivity index (χ0) is 34.9. The molecule has 11 heteroatoms. The predicted molar refractivity (Wildman–Crippen MR) is 186 cm³/mol. The van der Waals surface area contributed by atoms with Crippen molar-refractivity contribution in [3.05, 3.63) is 83.4 Å². The number of nitrogens with zero attached hydrogens (tertiary/aromatic N) is 3. The van der Waals surface area contributed by atoms with Crippen LogP contribution in [0.3, 0.4) is 0 Å². The zero-order valence-corrected chi connectivity index (χ0v) is 28.8. The first-order valence-corrected chi connectivity index (χ1v) is 17.3. The largest absolute Gasteiger partial charge is 0.370 e. The van der Waals surface area contributed by atoms with Crippen LogP contribution in [-0.2, 0) is 32.0 Å². The zero-order valence-electron chi connectivity index (χ0n) is 28.8. The fraction of sp³-hybridized carbons (Fsp3) is 0.500. The van der Waals surface area contributed by atoms with Crippen molar-refractivity contribution in [2.24, 2.45) is 0 Å². The first-order chi connectivity index (χ1) is 23.6. The number of amides is 3. The lowest BCUT2D eigenvalue weighted by molar-refractivity contribution is -0.149. The van der Waals surface area contributed by atoms with Gasteiger partial charge in [-0.25, -0.2) is 8.78 Å². The molecular formula is C38H49F2N5O4. The molecule has 2 heterocycles.